The molecule has 6 heteroatoms. The summed E-state index contributed by atoms with van der Waals surface area (Å²) in [5.41, 5.74) is 0. The number of methoxy groups -OCH3 is 1. The minimum atomic E-state index is 0.0603. The van der Waals surface area contributed by atoms with Gasteiger partial charge in [-0.25, -0.2) is 0 Å². The molecule has 2 rings (SSSR count). The van der Waals surface area contributed by atoms with Gasteiger partial charge in [-0.1, -0.05) is 0 Å². The number of nitrogens with zero attached hydrogens (tertiary/aromatic N) is 3. The van der Waals surface area contributed by atoms with E-state index in [1.54, 1.807) is 7.11 Å². The zero-order chi connectivity index (χ0) is 12.1. The number of hydrogen-bond acceptors (Lipinski definition) is 4. The van der Waals surface area contributed by atoms with Gasteiger partial charge in [-0.3, -0.25) is 0 Å². The van der Waals surface area contributed by atoms with E-state index in [2.05, 4.69) is 10.2 Å². The maximum atomic E-state index is 5.86. The second-order valence-corrected chi connectivity index (χ2v) is 4.37. The summed E-state index contributed by atoms with van der Waals surface area (Å²) in [6, 6.07) is 0. The second-order valence-electron chi connectivity index (χ2n) is 4.11. The van der Waals surface area contributed by atoms with Crippen LogP contribution in [0.4, 0.5) is 0 Å². The lowest BCUT2D eigenvalue weighted by molar-refractivity contribution is 0.00643. The van der Waals surface area contributed by atoms with Gasteiger partial charge in [-0.05, 0) is 19.3 Å². The smallest absolute Gasteiger partial charge is 0.162 e. The van der Waals surface area contributed by atoms with Crippen molar-refractivity contribution in [3.05, 3.63) is 11.6 Å². The van der Waals surface area contributed by atoms with Crippen LogP contribution in [0, 0.1) is 0 Å². The average molecular weight is 260 g/mol. The Labute approximate surface area is 106 Å². The first kappa shape index (κ1) is 12.8. The Kier molecular flexibility index (Phi) is 4.76. The number of rotatable bonds is 5. The summed E-state index contributed by atoms with van der Waals surface area (Å²) in [6.07, 6.45) is 3.38. The van der Waals surface area contributed by atoms with Crippen LogP contribution in [0.5, 0.6) is 0 Å². The lowest BCUT2D eigenvalue weighted by atomic mass is 10.1. The fraction of sp³-hybridized carbons (Fsp3) is 0.818. The topological polar surface area (TPSA) is 49.2 Å². The van der Waals surface area contributed by atoms with E-state index in [1.165, 1.54) is 6.42 Å². The van der Waals surface area contributed by atoms with Crippen molar-refractivity contribution in [3.63, 3.8) is 0 Å². The Morgan fingerprint density at radius 3 is 3.00 bits per heavy atom. The molecule has 0 amide bonds. The van der Waals surface area contributed by atoms with Crippen molar-refractivity contribution in [2.45, 2.75) is 37.8 Å². The molecule has 0 aromatic carbocycles. The van der Waals surface area contributed by atoms with Crippen LogP contribution in [0.3, 0.4) is 0 Å². The van der Waals surface area contributed by atoms with Gasteiger partial charge < -0.3 is 14.0 Å². The van der Waals surface area contributed by atoms with Crippen LogP contribution in [-0.2, 0) is 21.9 Å². The van der Waals surface area contributed by atoms with Crippen molar-refractivity contribution in [1.29, 1.82) is 0 Å². The minimum Gasteiger partial charge on any atom is -0.383 e. The summed E-state index contributed by atoms with van der Waals surface area (Å²) in [5.74, 6) is 2.04. The van der Waals surface area contributed by atoms with E-state index in [1.807, 2.05) is 4.57 Å². The normalized spacial score (nSPS) is 20.7. The summed E-state index contributed by atoms with van der Waals surface area (Å²) < 4.78 is 12.9. The van der Waals surface area contributed by atoms with Gasteiger partial charge in [-0.15, -0.1) is 21.8 Å². The molecule has 1 aromatic rings. The molecule has 1 aliphatic heterocycles. The highest BCUT2D eigenvalue weighted by Gasteiger charge is 2.23. The fourth-order valence-electron chi connectivity index (χ4n) is 2.06. The summed E-state index contributed by atoms with van der Waals surface area (Å²) in [4.78, 5) is 0. The molecule has 0 bridgehead atoms. The number of hydrogen-bond donors (Lipinski definition) is 0. The van der Waals surface area contributed by atoms with Crippen molar-refractivity contribution >= 4 is 11.6 Å². The van der Waals surface area contributed by atoms with Gasteiger partial charge in [0.1, 0.15) is 11.9 Å². The predicted molar refractivity (Wildman–Crippen MR) is 64.0 cm³/mol. The number of alkyl halides is 1. The zero-order valence-electron chi connectivity index (χ0n) is 10.1. The number of halogens is 1. The van der Waals surface area contributed by atoms with E-state index in [0.29, 0.717) is 12.5 Å². The molecule has 1 saturated heterocycles. The van der Waals surface area contributed by atoms with E-state index in [4.69, 9.17) is 21.1 Å². The third-order valence-corrected chi connectivity index (χ3v) is 3.20. The molecule has 1 atom stereocenters. The Morgan fingerprint density at radius 2 is 2.35 bits per heavy atom. The van der Waals surface area contributed by atoms with Crippen molar-refractivity contribution in [2.24, 2.45) is 0 Å². The molecule has 17 heavy (non-hydrogen) atoms. The largest absolute Gasteiger partial charge is 0.383 e. The molecule has 1 aliphatic rings. The highest BCUT2D eigenvalue weighted by molar-refractivity contribution is 6.16. The molecule has 0 aliphatic carbocycles. The molecule has 96 valence electrons. The predicted octanol–water partition coefficient (Wildman–Crippen LogP) is 1.90. The molecule has 0 spiro atoms. The summed E-state index contributed by atoms with van der Waals surface area (Å²) >= 11 is 5.86. The number of ether oxygens (including phenoxy) is 2. The average Bonchev–Trinajstić information content (AvgIpc) is 2.80. The standard InChI is InChI=1S/C11H18ClN3O2/c1-16-7-5-15-10(8-12)13-14-11(15)9-4-2-3-6-17-9/h9H,2-8H2,1H3. The van der Waals surface area contributed by atoms with E-state index < -0.39 is 0 Å². The quantitative estimate of drug-likeness (QED) is 0.758. The van der Waals surface area contributed by atoms with Crippen molar-refractivity contribution < 1.29 is 9.47 Å². The second kappa shape index (κ2) is 6.33. The van der Waals surface area contributed by atoms with E-state index >= 15 is 0 Å². The lowest BCUT2D eigenvalue weighted by Crippen LogP contribution is -2.19. The summed E-state index contributed by atoms with van der Waals surface area (Å²) in [7, 11) is 1.68. The first-order chi connectivity index (χ1) is 8.36. The van der Waals surface area contributed by atoms with Gasteiger partial charge in [0.15, 0.2) is 5.82 Å². The SMILES string of the molecule is COCCn1c(CCl)nnc1C1CCCCO1. The van der Waals surface area contributed by atoms with Crippen LogP contribution < -0.4 is 0 Å². The highest BCUT2D eigenvalue weighted by Crippen LogP contribution is 2.27. The van der Waals surface area contributed by atoms with Crippen LogP contribution in [0.15, 0.2) is 0 Å². The highest BCUT2D eigenvalue weighted by atomic mass is 35.5. The molecular formula is C11H18ClN3O2. The van der Waals surface area contributed by atoms with Gasteiger partial charge in [0.2, 0.25) is 0 Å². The number of aromatic nitrogens is 3. The van der Waals surface area contributed by atoms with Crippen LogP contribution in [0.1, 0.15) is 37.0 Å². The molecule has 0 saturated carbocycles. The zero-order valence-corrected chi connectivity index (χ0v) is 10.8. The van der Waals surface area contributed by atoms with Crippen molar-refractivity contribution in [1.82, 2.24) is 14.8 Å². The molecule has 0 radical (unpaired) electrons. The van der Waals surface area contributed by atoms with Gasteiger partial charge in [0.05, 0.1) is 12.5 Å². The maximum Gasteiger partial charge on any atom is 0.162 e. The van der Waals surface area contributed by atoms with Crippen LogP contribution in [-0.4, -0.2) is 35.1 Å². The lowest BCUT2D eigenvalue weighted by Gasteiger charge is -2.22. The van der Waals surface area contributed by atoms with Crippen molar-refractivity contribution in [3.8, 4) is 0 Å². The van der Waals surface area contributed by atoms with E-state index in [9.17, 15) is 0 Å². The minimum absolute atomic E-state index is 0.0603. The van der Waals surface area contributed by atoms with Crippen LogP contribution in [0.25, 0.3) is 0 Å². The molecule has 1 unspecified atom stereocenters. The van der Waals surface area contributed by atoms with Crippen LogP contribution >= 0.6 is 11.6 Å². The van der Waals surface area contributed by atoms with Gasteiger partial charge in [-0.2, -0.15) is 0 Å². The molecule has 2 heterocycles. The molecule has 0 N–H and O–H groups in total. The third kappa shape index (κ3) is 2.97. The first-order valence-electron chi connectivity index (χ1n) is 5.95. The molecule has 1 fully saturated rings. The monoisotopic (exact) mass is 259 g/mol. The van der Waals surface area contributed by atoms with E-state index in [-0.39, 0.29) is 6.10 Å². The molecule has 5 nitrogen and oxygen atoms in total. The first-order valence-corrected chi connectivity index (χ1v) is 6.48. The fourth-order valence-corrected chi connectivity index (χ4v) is 2.25. The van der Waals surface area contributed by atoms with E-state index in [0.717, 1.165) is 37.6 Å². The van der Waals surface area contributed by atoms with Gasteiger partial charge in [0, 0.05) is 20.3 Å². The van der Waals surface area contributed by atoms with Gasteiger partial charge in [0.25, 0.3) is 0 Å². The maximum absolute atomic E-state index is 5.86. The third-order valence-electron chi connectivity index (χ3n) is 2.96. The Hall–Kier alpha value is -0.650. The molecular weight excluding hydrogens is 242 g/mol. The summed E-state index contributed by atoms with van der Waals surface area (Å²) in [5, 5.41) is 8.32. The Bertz CT molecular complexity index is 350. The summed E-state index contributed by atoms with van der Waals surface area (Å²) in [6.45, 7) is 2.15. The molecule has 1 aromatic heterocycles. The van der Waals surface area contributed by atoms with Gasteiger partial charge >= 0.3 is 0 Å². The van der Waals surface area contributed by atoms with Crippen LogP contribution in [0.2, 0.25) is 0 Å². The Morgan fingerprint density at radius 1 is 1.47 bits per heavy atom. The Balaban J connectivity index is 2.16. The van der Waals surface area contributed by atoms with Crippen molar-refractivity contribution in [2.75, 3.05) is 20.3 Å².